The van der Waals surface area contributed by atoms with Crippen molar-refractivity contribution < 1.29 is 0 Å². The number of aromatic nitrogens is 2. The Kier molecular flexibility index (Phi) is 27.3. The van der Waals surface area contributed by atoms with Crippen LogP contribution >= 0.6 is 47.0 Å². The first kappa shape index (κ1) is 82.0. The van der Waals surface area contributed by atoms with Crippen molar-refractivity contribution in [1.29, 1.82) is 0 Å². The fraction of sp³-hybridized carbons (Fsp3) is 0.118. The van der Waals surface area contributed by atoms with Gasteiger partial charge in [0.1, 0.15) is 0 Å². The van der Waals surface area contributed by atoms with E-state index < -0.39 is 0 Å². The van der Waals surface area contributed by atoms with Crippen molar-refractivity contribution in [2.45, 2.75) is 50.7 Å². The normalized spacial score (nSPS) is 16.2. The second kappa shape index (κ2) is 39.9. The highest BCUT2D eigenvalue weighted by atomic mass is 32.2. The molecule has 0 amide bonds. The molecule has 120 heavy (non-hydrogen) atoms. The van der Waals surface area contributed by atoms with Gasteiger partial charge in [-0.1, -0.05) is 276 Å². The first-order valence-corrected chi connectivity index (χ1v) is 43.8. The summed E-state index contributed by atoms with van der Waals surface area (Å²) in [6.45, 7) is 8.54. The maximum atomic E-state index is 5.86. The molecule has 14 aromatic rings. The van der Waals surface area contributed by atoms with Crippen molar-refractivity contribution in [2.24, 2.45) is 20.0 Å². The van der Waals surface area contributed by atoms with E-state index in [-0.39, 0.29) is 0 Å². The number of nitrogens with zero attached hydrogens (tertiary/aromatic N) is 14. The Morgan fingerprint density at radius 2 is 0.392 bits per heavy atom. The lowest BCUT2D eigenvalue weighted by atomic mass is 10.2. The Bertz CT molecular complexity index is 5170. The summed E-state index contributed by atoms with van der Waals surface area (Å²) in [7, 11) is 8.63. The van der Waals surface area contributed by atoms with Crippen molar-refractivity contribution in [2.75, 3.05) is 67.4 Å². The molecule has 18 heteroatoms. The highest BCUT2D eigenvalue weighted by molar-refractivity contribution is 8.14. The molecule has 14 nitrogen and oxygen atoms in total. The van der Waals surface area contributed by atoms with Crippen molar-refractivity contribution >= 4 is 136 Å². The van der Waals surface area contributed by atoms with Crippen LogP contribution in [-0.2, 0) is 23.0 Å². The molecule has 596 valence electrons. The van der Waals surface area contributed by atoms with Gasteiger partial charge in [0.05, 0.1) is 45.5 Å². The van der Waals surface area contributed by atoms with E-state index in [1.807, 2.05) is 72.8 Å². The Morgan fingerprint density at radius 1 is 0.217 bits per heavy atom. The van der Waals surface area contributed by atoms with Gasteiger partial charge in [-0.2, -0.15) is 0 Å². The monoisotopic (exact) mass is 1640 g/mol. The van der Waals surface area contributed by atoms with Crippen molar-refractivity contribution in [3.63, 3.8) is 0 Å². The molecule has 0 saturated carbocycles. The van der Waals surface area contributed by atoms with Crippen LogP contribution in [0, 0.1) is 27.7 Å². The van der Waals surface area contributed by atoms with Crippen LogP contribution in [0.25, 0.3) is 0 Å². The second-order valence-electron chi connectivity index (χ2n) is 28.9. The first-order valence-electron chi connectivity index (χ1n) is 39.9. The van der Waals surface area contributed by atoms with E-state index >= 15 is 0 Å². The molecule has 0 unspecified atom stereocenters. The lowest BCUT2D eigenvalue weighted by molar-refractivity contribution is 0.924. The Hall–Kier alpha value is -13.1. The zero-order valence-electron chi connectivity index (χ0n) is 68.5. The van der Waals surface area contributed by atoms with Crippen LogP contribution < -0.4 is 39.2 Å². The minimum Gasteiger partial charge on any atom is -0.327 e. The average Bonchev–Trinajstić information content (AvgIpc) is 0.756. The van der Waals surface area contributed by atoms with E-state index in [4.69, 9.17) is 29.9 Å². The molecule has 0 atom stereocenters. The topological polar surface area (TPSA) is 101 Å². The molecule has 1 aliphatic rings. The van der Waals surface area contributed by atoms with Crippen LogP contribution in [0.5, 0.6) is 0 Å². The summed E-state index contributed by atoms with van der Waals surface area (Å²) in [5.41, 5.74) is 18.1. The minimum absolute atomic E-state index is 0.410. The molecule has 0 N–H and O–H groups in total. The van der Waals surface area contributed by atoms with Crippen molar-refractivity contribution in [3.8, 4) is 0 Å². The number of anilines is 8. The molecule has 15 rings (SSSR count). The third-order valence-electron chi connectivity index (χ3n) is 20.1. The summed E-state index contributed by atoms with van der Waals surface area (Å²) < 4.78 is 0. The van der Waals surface area contributed by atoms with Crippen LogP contribution in [0.15, 0.2) is 419 Å². The molecule has 0 aliphatic carbocycles. The molecule has 3 heterocycles. The van der Waals surface area contributed by atoms with E-state index in [1.54, 1.807) is 47.0 Å². The van der Waals surface area contributed by atoms with E-state index in [0.29, 0.717) is 43.7 Å². The van der Waals surface area contributed by atoms with Crippen molar-refractivity contribution in [3.05, 3.63) is 444 Å². The van der Waals surface area contributed by atoms with Crippen molar-refractivity contribution in [1.82, 2.24) is 9.97 Å². The van der Waals surface area contributed by atoms with Crippen LogP contribution in [0.2, 0.25) is 0 Å². The van der Waals surface area contributed by atoms with Gasteiger partial charge in [-0.3, -0.25) is 29.6 Å². The SMILES string of the molecule is Cc1ccc(N2C(=Nc3ccccc3)SCc3cccc(n3)CSC(=Nc3ccccc3)N(c3ccc(C)cc3)/C(N(C)c3ccccc3)=C(/N(C)c3ccccc3)N(c3ccc(C)cc3)C(=Nc3ccccc3)SCc3cccc(n3)CSC(=Nc3ccccc3)N(c3ccc(C)cc3)/C(N(C)c3ccccc3)=C\2N(C)c2ccccc2)cc1. The molecule has 1 aliphatic heterocycles. The van der Waals surface area contributed by atoms with Gasteiger partial charge in [0.25, 0.3) is 0 Å². The fourth-order valence-corrected chi connectivity index (χ4v) is 17.5. The number of amidine groups is 4. The maximum absolute atomic E-state index is 5.86. The molecule has 0 spiro atoms. The number of benzene rings is 12. The van der Waals surface area contributed by atoms with Gasteiger partial charge in [0.15, 0.2) is 44.0 Å². The minimum atomic E-state index is 0.410. The van der Waals surface area contributed by atoms with Crippen LogP contribution in [-0.4, -0.2) is 58.8 Å². The number of pyridine rings is 2. The molecule has 0 radical (unpaired) electrons. The summed E-state index contributed by atoms with van der Waals surface area (Å²) in [6, 6.07) is 131. The summed E-state index contributed by atoms with van der Waals surface area (Å²) >= 11 is 6.52. The van der Waals surface area contributed by atoms with Gasteiger partial charge >= 0.3 is 0 Å². The largest absolute Gasteiger partial charge is 0.327 e. The van der Waals surface area contributed by atoms with Gasteiger partial charge in [-0.05, 0) is 198 Å². The molecular weight excluding hydrogens is 1550 g/mol. The molecule has 0 fully saturated rings. The van der Waals surface area contributed by atoms with Gasteiger partial charge in [0, 0.05) is 96.7 Å². The Balaban J connectivity index is 1.03. The summed E-state index contributed by atoms with van der Waals surface area (Å²) in [5.74, 6) is 4.69. The van der Waals surface area contributed by atoms with E-state index in [0.717, 1.165) is 137 Å². The zero-order chi connectivity index (χ0) is 82.5. The third-order valence-corrected chi connectivity index (χ3v) is 24.0. The predicted octanol–water partition coefficient (Wildman–Crippen LogP) is 25.9. The predicted molar refractivity (Wildman–Crippen MR) is 516 cm³/mol. The van der Waals surface area contributed by atoms with E-state index in [9.17, 15) is 0 Å². The van der Waals surface area contributed by atoms with E-state index in [1.165, 1.54) is 0 Å². The number of para-hydroxylation sites is 8. The third kappa shape index (κ3) is 20.5. The van der Waals surface area contributed by atoms with Gasteiger partial charge in [-0.25, -0.2) is 20.0 Å². The van der Waals surface area contributed by atoms with Gasteiger partial charge in [0.2, 0.25) is 0 Å². The molecule has 12 aromatic carbocycles. The van der Waals surface area contributed by atoms with E-state index in [2.05, 4.69) is 398 Å². The summed E-state index contributed by atoms with van der Waals surface area (Å²) in [5, 5.41) is 2.73. The van der Waals surface area contributed by atoms with Crippen LogP contribution in [0.3, 0.4) is 0 Å². The number of thioether (sulfide) groups is 4. The lowest BCUT2D eigenvalue weighted by Crippen LogP contribution is -2.46. The van der Waals surface area contributed by atoms with Crippen LogP contribution in [0.4, 0.5) is 68.2 Å². The van der Waals surface area contributed by atoms with Crippen LogP contribution in [0.1, 0.15) is 45.0 Å². The molecule has 0 saturated heterocycles. The first-order chi connectivity index (χ1) is 58.8. The second-order valence-corrected chi connectivity index (χ2v) is 32.6. The summed E-state index contributed by atoms with van der Waals surface area (Å²) in [6.07, 6.45) is 0. The standard InChI is InChI=1S/C102H94N14S4/c1-75-55-63-91(64-56-75)113-95(109(5)87-47-25-13-26-48-87)96(110(6)88-49-27-14-28-50-88)114(92-65-57-76(2)58-66-92)100(106-80-37-19-10-20-38-80)118-72-85-45-34-46-86(104-85)74-120-102(108-82-41-23-12-24-42-82)116(94-69-61-78(4)62-70-94)98(112(8)90-53-31-16-32-54-90)97(111(7)89-51-29-15-30-52-89)115(93-67-59-77(3)60-68-93)101(107-81-39-21-11-22-40-81)119-73-84-44-33-43-83(103-84)71-117-99(113)105-79-35-17-9-18-36-79/h9-70H,71-74H2,1-8H3/b96-95-,98-97-,105-99?,106-100?,107-101?,108-102?. The number of hydrogen-bond acceptors (Lipinski definition) is 14. The number of aryl methyl sites for hydroxylation is 4. The number of rotatable bonds is 16. The number of fused-ring (bicyclic) bond motifs is 4. The average molecular weight is 1640 g/mol. The molecular formula is C102H94N14S4. The highest BCUT2D eigenvalue weighted by Gasteiger charge is 2.38. The zero-order valence-corrected chi connectivity index (χ0v) is 71.8. The summed E-state index contributed by atoms with van der Waals surface area (Å²) in [4.78, 5) is 53.4. The molecule has 4 bridgehead atoms. The number of aliphatic imine (C=N–C) groups is 4. The quantitative estimate of drug-likeness (QED) is 0.0917. The number of hydrogen-bond donors (Lipinski definition) is 0. The molecule has 2 aromatic heterocycles. The fourth-order valence-electron chi connectivity index (χ4n) is 13.7. The Labute approximate surface area is 723 Å². The Morgan fingerprint density at radius 3 is 0.575 bits per heavy atom. The highest BCUT2D eigenvalue weighted by Crippen LogP contribution is 2.44. The smallest absolute Gasteiger partial charge is 0.175 e. The maximum Gasteiger partial charge on any atom is 0.175 e. The van der Waals surface area contributed by atoms with Gasteiger partial charge in [-0.15, -0.1) is 0 Å². The van der Waals surface area contributed by atoms with Gasteiger partial charge < -0.3 is 19.6 Å². The lowest BCUT2D eigenvalue weighted by Gasteiger charge is -2.42.